The molecule has 1 aromatic rings. The second-order valence-corrected chi connectivity index (χ2v) is 8.58. The maximum Gasteiger partial charge on any atom is 0.336 e. The summed E-state index contributed by atoms with van der Waals surface area (Å²) in [5.41, 5.74) is 3.03. The molecular weight excluding hydrogens is 385 g/mol. The molecule has 0 amide bonds. The molecule has 144 valence electrons. The molecular formula is C21H23Cl2NO3. The number of allylic oxidation sites excluding steroid dienone is 3. The lowest BCUT2D eigenvalue weighted by Crippen LogP contribution is -2.38. The van der Waals surface area contributed by atoms with Crippen molar-refractivity contribution < 1.29 is 14.3 Å². The molecule has 1 heterocycles. The first-order chi connectivity index (χ1) is 12.7. The zero-order valence-electron chi connectivity index (χ0n) is 15.9. The number of carbonyl (C=O) groups is 2. The quantitative estimate of drug-likeness (QED) is 0.702. The molecule has 0 unspecified atom stereocenters. The molecule has 0 fully saturated rings. The van der Waals surface area contributed by atoms with Crippen molar-refractivity contribution in [2.24, 2.45) is 5.41 Å². The van der Waals surface area contributed by atoms with Crippen LogP contribution in [-0.2, 0) is 14.3 Å². The van der Waals surface area contributed by atoms with Crippen LogP contribution in [0.2, 0.25) is 10.0 Å². The van der Waals surface area contributed by atoms with Crippen LogP contribution in [0, 0.1) is 5.41 Å². The topological polar surface area (TPSA) is 55.4 Å². The van der Waals surface area contributed by atoms with Crippen LogP contribution in [0.4, 0.5) is 0 Å². The van der Waals surface area contributed by atoms with Crippen LogP contribution in [0.5, 0.6) is 0 Å². The zero-order chi connectivity index (χ0) is 19.9. The summed E-state index contributed by atoms with van der Waals surface area (Å²) in [6.45, 7) is 7.96. The van der Waals surface area contributed by atoms with Crippen LogP contribution in [0.1, 0.15) is 52.0 Å². The monoisotopic (exact) mass is 407 g/mol. The number of Topliss-reactive ketones (excluding diaryl/α,β-unsaturated/α-hetero) is 1. The number of ether oxygens (including phenoxy) is 1. The minimum absolute atomic E-state index is 0.0177. The van der Waals surface area contributed by atoms with Gasteiger partial charge in [0.2, 0.25) is 0 Å². The number of hydrogen-bond acceptors (Lipinski definition) is 4. The molecule has 0 spiro atoms. The molecule has 1 aromatic carbocycles. The fourth-order valence-corrected chi connectivity index (χ4v) is 4.39. The molecule has 1 aliphatic carbocycles. The number of rotatable bonds is 3. The first-order valence-corrected chi connectivity index (χ1v) is 9.77. The minimum atomic E-state index is -0.588. The van der Waals surface area contributed by atoms with Gasteiger partial charge in [-0.3, -0.25) is 4.79 Å². The van der Waals surface area contributed by atoms with E-state index in [-0.39, 0.29) is 17.8 Å². The Morgan fingerprint density at radius 2 is 2.00 bits per heavy atom. The normalized spacial score (nSPS) is 21.7. The SMILES string of the molecule is CCOC(=O)C1=C(C)NC2=C(C(=O)CC(C)(C)C2)[C@H]1c1cccc(Cl)c1Cl. The van der Waals surface area contributed by atoms with Gasteiger partial charge in [0, 0.05) is 29.3 Å². The van der Waals surface area contributed by atoms with E-state index in [4.69, 9.17) is 27.9 Å². The maximum absolute atomic E-state index is 13.1. The van der Waals surface area contributed by atoms with Crippen molar-refractivity contribution >= 4 is 35.0 Å². The summed E-state index contributed by atoms with van der Waals surface area (Å²) in [7, 11) is 0. The molecule has 1 aliphatic heterocycles. The Morgan fingerprint density at radius 1 is 1.30 bits per heavy atom. The van der Waals surface area contributed by atoms with Gasteiger partial charge in [0.1, 0.15) is 0 Å². The molecule has 0 saturated heterocycles. The van der Waals surface area contributed by atoms with E-state index in [1.165, 1.54) is 0 Å². The van der Waals surface area contributed by atoms with Crippen LogP contribution < -0.4 is 5.32 Å². The first-order valence-electron chi connectivity index (χ1n) is 9.01. The summed E-state index contributed by atoms with van der Waals surface area (Å²) in [5.74, 6) is -1.02. The summed E-state index contributed by atoms with van der Waals surface area (Å²) < 4.78 is 5.28. The smallest absolute Gasteiger partial charge is 0.336 e. The standard InChI is InChI=1S/C21H23Cl2NO3/c1-5-27-20(26)16-11(2)24-14-9-21(3,4)10-15(25)18(14)17(16)12-7-6-8-13(22)19(12)23/h6-8,17,24H,5,9-10H2,1-4H3/t17-/m0/s1. The predicted molar refractivity (Wildman–Crippen MR) is 107 cm³/mol. The Hall–Kier alpha value is -1.78. The average Bonchev–Trinajstić information content (AvgIpc) is 2.55. The van der Waals surface area contributed by atoms with Gasteiger partial charge in [-0.15, -0.1) is 0 Å². The van der Waals surface area contributed by atoms with Crippen molar-refractivity contribution in [2.75, 3.05) is 6.61 Å². The third-order valence-corrected chi connectivity index (χ3v) is 5.86. The van der Waals surface area contributed by atoms with E-state index >= 15 is 0 Å². The van der Waals surface area contributed by atoms with Crippen molar-refractivity contribution in [3.05, 3.63) is 56.3 Å². The van der Waals surface area contributed by atoms with Gasteiger partial charge < -0.3 is 10.1 Å². The molecule has 0 radical (unpaired) electrons. The number of esters is 1. The van der Waals surface area contributed by atoms with Crippen molar-refractivity contribution in [3.8, 4) is 0 Å². The van der Waals surface area contributed by atoms with E-state index in [9.17, 15) is 9.59 Å². The van der Waals surface area contributed by atoms with Crippen LogP contribution in [0.25, 0.3) is 0 Å². The fourth-order valence-electron chi connectivity index (χ4n) is 3.97. The van der Waals surface area contributed by atoms with Crippen LogP contribution in [0.15, 0.2) is 40.7 Å². The summed E-state index contributed by atoms with van der Waals surface area (Å²) in [5, 5.41) is 4.03. The highest BCUT2D eigenvalue weighted by Gasteiger charge is 2.43. The third kappa shape index (κ3) is 3.65. The van der Waals surface area contributed by atoms with E-state index in [0.717, 1.165) is 12.1 Å². The summed E-state index contributed by atoms with van der Waals surface area (Å²) in [4.78, 5) is 25.9. The average molecular weight is 408 g/mol. The van der Waals surface area contributed by atoms with Crippen LogP contribution in [-0.4, -0.2) is 18.4 Å². The Labute approximate surface area is 169 Å². The summed E-state index contributed by atoms with van der Waals surface area (Å²) >= 11 is 12.7. The highest BCUT2D eigenvalue weighted by molar-refractivity contribution is 6.42. The molecule has 0 bridgehead atoms. The van der Waals surface area contributed by atoms with Gasteiger partial charge >= 0.3 is 5.97 Å². The number of dihydropyridines is 1. The van der Waals surface area contributed by atoms with Gasteiger partial charge in [0.05, 0.1) is 22.2 Å². The molecule has 0 saturated carbocycles. The number of carbonyl (C=O) groups excluding carboxylic acids is 2. The highest BCUT2D eigenvalue weighted by Crippen LogP contribution is 2.48. The minimum Gasteiger partial charge on any atom is -0.463 e. The Kier molecular flexibility index (Phi) is 5.42. The predicted octanol–water partition coefficient (Wildman–Crippen LogP) is 5.16. The Morgan fingerprint density at radius 3 is 2.67 bits per heavy atom. The first kappa shape index (κ1) is 20.0. The zero-order valence-corrected chi connectivity index (χ0v) is 17.4. The van der Waals surface area contributed by atoms with E-state index in [2.05, 4.69) is 19.2 Å². The van der Waals surface area contributed by atoms with Crippen molar-refractivity contribution in [1.82, 2.24) is 5.32 Å². The summed E-state index contributed by atoms with van der Waals surface area (Å²) in [6, 6.07) is 5.28. The van der Waals surface area contributed by atoms with E-state index in [1.807, 2.05) is 13.0 Å². The third-order valence-electron chi connectivity index (χ3n) is 5.03. The fraction of sp³-hybridized carbons (Fsp3) is 0.429. The van der Waals surface area contributed by atoms with Gasteiger partial charge in [-0.1, -0.05) is 49.2 Å². The lowest BCUT2D eigenvalue weighted by Gasteiger charge is -2.39. The second-order valence-electron chi connectivity index (χ2n) is 7.79. The number of benzene rings is 1. The number of nitrogens with one attached hydrogen (secondary N) is 1. The van der Waals surface area contributed by atoms with Crippen LogP contribution in [0.3, 0.4) is 0 Å². The van der Waals surface area contributed by atoms with Gasteiger partial charge in [-0.2, -0.15) is 0 Å². The molecule has 4 nitrogen and oxygen atoms in total. The van der Waals surface area contributed by atoms with E-state index < -0.39 is 11.9 Å². The summed E-state index contributed by atoms with van der Waals surface area (Å²) in [6.07, 6.45) is 1.13. The largest absolute Gasteiger partial charge is 0.463 e. The lowest BCUT2D eigenvalue weighted by molar-refractivity contribution is -0.138. The maximum atomic E-state index is 13.1. The van der Waals surface area contributed by atoms with Crippen LogP contribution >= 0.6 is 23.2 Å². The van der Waals surface area contributed by atoms with Crippen molar-refractivity contribution in [2.45, 2.75) is 46.5 Å². The molecule has 3 rings (SSSR count). The van der Waals surface area contributed by atoms with E-state index in [1.54, 1.807) is 19.1 Å². The molecule has 2 aliphatic rings. The van der Waals surface area contributed by atoms with Crippen molar-refractivity contribution in [1.29, 1.82) is 0 Å². The molecule has 27 heavy (non-hydrogen) atoms. The van der Waals surface area contributed by atoms with Crippen molar-refractivity contribution in [3.63, 3.8) is 0 Å². The number of halogens is 2. The molecule has 0 aromatic heterocycles. The molecule has 6 heteroatoms. The van der Waals surface area contributed by atoms with Gasteiger partial charge in [0.15, 0.2) is 5.78 Å². The second kappa shape index (κ2) is 7.33. The number of hydrogen-bond donors (Lipinski definition) is 1. The Balaban J connectivity index is 2.24. The highest BCUT2D eigenvalue weighted by atomic mass is 35.5. The molecule has 1 N–H and O–H groups in total. The van der Waals surface area contributed by atoms with Gasteiger partial charge in [0.25, 0.3) is 0 Å². The Bertz CT molecular complexity index is 883. The van der Waals surface area contributed by atoms with E-state index in [0.29, 0.717) is 38.9 Å². The molecule has 1 atom stereocenters. The van der Waals surface area contributed by atoms with Gasteiger partial charge in [-0.25, -0.2) is 4.79 Å². The van der Waals surface area contributed by atoms with Gasteiger partial charge in [-0.05, 0) is 37.3 Å². The lowest BCUT2D eigenvalue weighted by atomic mass is 9.68. The number of ketones is 1.